The molecule has 1 aromatic carbocycles. The number of hydrogen-bond acceptors (Lipinski definition) is 4. The van der Waals surface area contributed by atoms with E-state index in [1.54, 1.807) is 23.5 Å². The Morgan fingerprint density at radius 3 is 2.73 bits per heavy atom. The van der Waals surface area contributed by atoms with E-state index >= 15 is 0 Å². The van der Waals surface area contributed by atoms with Crippen molar-refractivity contribution in [3.8, 4) is 10.6 Å². The molecule has 2 heterocycles. The number of hydrogen-bond donors (Lipinski definition) is 0. The number of aryl methyl sites for hydroxylation is 3. The first-order valence-electron chi connectivity index (χ1n) is 8.89. The first-order valence-corrected chi connectivity index (χ1v) is 9.71. The van der Waals surface area contributed by atoms with Crippen LogP contribution in [0.2, 0.25) is 0 Å². The van der Waals surface area contributed by atoms with Gasteiger partial charge in [0.15, 0.2) is 0 Å². The number of aromatic nitrogens is 2. The van der Waals surface area contributed by atoms with Gasteiger partial charge < -0.3 is 4.74 Å². The molecular weight excluding hydrogens is 347 g/mol. The van der Waals surface area contributed by atoms with Crippen LogP contribution in [0.1, 0.15) is 35.2 Å². The van der Waals surface area contributed by atoms with E-state index in [1.165, 1.54) is 17.0 Å². The summed E-state index contributed by atoms with van der Waals surface area (Å²) in [6, 6.07) is 10.6. The minimum absolute atomic E-state index is 0.217. The lowest BCUT2D eigenvalue weighted by Crippen LogP contribution is -1.97. The Kier molecular flexibility index (Phi) is 6.47. The fourth-order valence-corrected chi connectivity index (χ4v) is 3.79. The molecular formula is C21H23FN2OS. The van der Waals surface area contributed by atoms with Crippen LogP contribution in [0.5, 0.6) is 0 Å². The van der Waals surface area contributed by atoms with E-state index in [1.807, 2.05) is 12.3 Å². The van der Waals surface area contributed by atoms with Crippen molar-refractivity contribution in [2.75, 3.05) is 6.61 Å². The summed E-state index contributed by atoms with van der Waals surface area (Å²) in [5, 5.41) is 1.06. The van der Waals surface area contributed by atoms with E-state index in [2.05, 4.69) is 24.9 Å². The average Bonchev–Trinajstić information content (AvgIpc) is 3.04. The molecule has 26 heavy (non-hydrogen) atoms. The van der Waals surface area contributed by atoms with Gasteiger partial charge in [-0.25, -0.2) is 9.37 Å². The van der Waals surface area contributed by atoms with Gasteiger partial charge in [-0.05, 0) is 56.0 Å². The zero-order valence-corrected chi connectivity index (χ0v) is 16.0. The monoisotopic (exact) mass is 370 g/mol. The number of ether oxygens (including phenoxy) is 1. The molecule has 0 atom stereocenters. The summed E-state index contributed by atoms with van der Waals surface area (Å²) in [6.07, 6.45) is 4.68. The molecule has 0 N–H and O–H groups in total. The third-order valence-corrected chi connectivity index (χ3v) is 5.46. The van der Waals surface area contributed by atoms with Crippen molar-refractivity contribution < 1.29 is 9.13 Å². The summed E-state index contributed by atoms with van der Waals surface area (Å²) in [5.74, 6) is -0.217. The van der Waals surface area contributed by atoms with Crippen LogP contribution in [0.4, 0.5) is 4.39 Å². The number of thiazole rings is 1. The number of pyridine rings is 1. The summed E-state index contributed by atoms with van der Waals surface area (Å²) in [7, 11) is 0. The highest BCUT2D eigenvalue weighted by Gasteiger charge is 2.10. The summed E-state index contributed by atoms with van der Waals surface area (Å²) in [4.78, 5) is 10.4. The van der Waals surface area contributed by atoms with E-state index in [0.29, 0.717) is 13.2 Å². The van der Waals surface area contributed by atoms with Gasteiger partial charge >= 0.3 is 0 Å². The fourth-order valence-electron chi connectivity index (χ4n) is 2.69. The molecule has 136 valence electrons. The van der Waals surface area contributed by atoms with Gasteiger partial charge in [-0.15, -0.1) is 11.3 Å². The minimum Gasteiger partial charge on any atom is -0.377 e. The third kappa shape index (κ3) is 4.96. The molecule has 0 spiro atoms. The van der Waals surface area contributed by atoms with Gasteiger partial charge in [0.25, 0.3) is 0 Å². The van der Waals surface area contributed by atoms with Crippen LogP contribution in [0.15, 0.2) is 42.6 Å². The predicted molar refractivity (Wildman–Crippen MR) is 104 cm³/mol. The van der Waals surface area contributed by atoms with Gasteiger partial charge in [-0.3, -0.25) is 4.98 Å². The van der Waals surface area contributed by atoms with Crippen LogP contribution < -0.4 is 0 Å². The molecule has 0 radical (unpaired) electrons. The molecule has 5 heteroatoms. The van der Waals surface area contributed by atoms with E-state index in [0.717, 1.165) is 46.8 Å². The van der Waals surface area contributed by atoms with Gasteiger partial charge in [0.05, 0.1) is 12.3 Å². The second-order valence-electron chi connectivity index (χ2n) is 6.20. The quantitative estimate of drug-likeness (QED) is 0.500. The number of benzene rings is 1. The van der Waals surface area contributed by atoms with E-state index in [9.17, 15) is 4.39 Å². The molecule has 0 bridgehead atoms. The Morgan fingerprint density at radius 2 is 1.96 bits per heavy atom. The third-order valence-electron chi connectivity index (χ3n) is 4.19. The first kappa shape index (κ1) is 18.7. The van der Waals surface area contributed by atoms with Crippen molar-refractivity contribution in [2.24, 2.45) is 0 Å². The van der Waals surface area contributed by atoms with Crippen molar-refractivity contribution in [1.29, 1.82) is 0 Å². The lowest BCUT2D eigenvalue weighted by molar-refractivity contribution is 0.119. The zero-order valence-electron chi connectivity index (χ0n) is 15.2. The van der Waals surface area contributed by atoms with Crippen molar-refractivity contribution in [3.63, 3.8) is 0 Å². The number of nitrogens with zero attached hydrogens (tertiary/aromatic N) is 2. The van der Waals surface area contributed by atoms with E-state index in [4.69, 9.17) is 9.72 Å². The molecule has 2 aromatic heterocycles. The number of rotatable bonds is 8. The van der Waals surface area contributed by atoms with Crippen molar-refractivity contribution in [1.82, 2.24) is 9.97 Å². The van der Waals surface area contributed by atoms with Crippen molar-refractivity contribution in [2.45, 2.75) is 39.7 Å². The van der Waals surface area contributed by atoms with Crippen LogP contribution >= 0.6 is 11.3 Å². The molecule has 0 saturated heterocycles. The highest BCUT2D eigenvalue weighted by molar-refractivity contribution is 7.15. The molecule has 0 saturated carbocycles. The molecule has 0 unspecified atom stereocenters. The second-order valence-corrected chi connectivity index (χ2v) is 7.28. The lowest BCUT2D eigenvalue weighted by atomic mass is 10.2. The molecule has 3 aromatic rings. The van der Waals surface area contributed by atoms with Gasteiger partial charge in [0, 0.05) is 28.9 Å². The van der Waals surface area contributed by atoms with Crippen LogP contribution in [-0.2, 0) is 24.2 Å². The second kappa shape index (κ2) is 9.01. The van der Waals surface area contributed by atoms with Gasteiger partial charge in [-0.1, -0.05) is 19.1 Å². The Bertz CT molecular complexity index is 845. The zero-order chi connectivity index (χ0) is 18.4. The summed E-state index contributed by atoms with van der Waals surface area (Å²) < 4.78 is 18.6. The minimum atomic E-state index is -0.217. The maximum Gasteiger partial charge on any atom is 0.123 e. The fraction of sp³-hybridized carbons (Fsp3) is 0.333. The van der Waals surface area contributed by atoms with Gasteiger partial charge in [-0.2, -0.15) is 0 Å². The largest absolute Gasteiger partial charge is 0.377 e. The maximum absolute atomic E-state index is 12.9. The van der Waals surface area contributed by atoms with Gasteiger partial charge in [0.1, 0.15) is 10.8 Å². The average molecular weight is 370 g/mol. The predicted octanol–water partition coefficient (Wildman–Crippen LogP) is 5.36. The smallest absolute Gasteiger partial charge is 0.123 e. The lowest BCUT2D eigenvalue weighted by Gasteiger charge is -2.04. The first-order chi connectivity index (χ1) is 12.7. The Balaban J connectivity index is 1.50. The van der Waals surface area contributed by atoms with Gasteiger partial charge in [0.2, 0.25) is 0 Å². The number of halogens is 1. The summed E-state index contributed by atoms with van der Waals surface area (Å²) in [6.45, 7) is 5.37. The Morgan fingerprint density at radius 1 is 1.15 bits per heavy atom. The summed E-state index contributed by atoms with van der Waals surface area (Å²) in [5.41, 5.74) is 4.32. The molecule has 0 aliphatic carbocycles. The van der Waals surface area contributed by atoms with Crippen LogP contribution in [0.3, 0.4) is 0 Å². The van der Waals surface area contributed by atoms with Crippen LogP contribution in [0.25, 0.3) is 10.6 Å². The SMILES string of the molecule is CCc1cc(-c2nc(C)c(CCCOCc3ccc(F)cc3)s2)ccn1. The highest BCUT2D eigenvalue weighted by Crippen LogP contribution is 2.29. The van der Waals surface area contributed by atoms with Crippen molar-refractivity contribution >= 4 is 11.3 Å². The van der Waals surface area contributed by atoms with Crippen LogP contribution in [-0.4, -0.2) is 16.6 Å². The van der Waals surface area contributed by atoms with Crippen molar-refractivity contribution in [3.05, 3.63) is 70.2 Å². The van der Waals surface area contributed by atoms with Crippen LogP contribution in [0, 0.1) is 12.7 Å². The Labute approximate surface area is 157 Å². The molecule has 3 rings (SSSR count). The molecule has 0 fully saturated rings. The Hall–Kier alpha value is -2.11. The van der Waals surface area contributed by atoms with E-state index < -0.39 is 0 Å². The van der Waals surface area contributed by atoms with E-state index in [-0.39, 0.29) is 5.82 Å². The summed E-state index contributed by atoms with van der Waals surface area (Å²) >= 11 is 1.75. The highest BCUT2D eigenvalue weighted by atomic mass is 32.1. The molecule has 0 aliphatic heterocycles. The topological polar surface area (TPSA) is 35.0 Å². The maximum atomic E-state index is 12.9. The molecule has 0 aliphatic rings. The molecule has 3 nitrogen and oxygen atoms in total. The normalized spacial score (nSPS) is 11.0. The standard InChI is InChI=1S/C21H23FN2OS/c1-3-19-13-17(10-11-23-19)21-24-15(2)20(26-21)5-4-12-25-14-16-6-8-18(22)9-7-16/h6-11,13H,3-5,12,14H2,1-2H3. The molecule has 0 amide bonds.